The minimum absolute atomic E-state index is 0.159. The molecule has 1 fully saturated rings. The number of halogens is 1. The molecule has 1 aromatic carbocycles. The number of amidine groups is 1. The second kappa shape index (κ2) is 6.04. The van der Waals surface area contributed by atoms with Crippen molar-refractivity contribution in [1.29, 1.82) is 0 Å². The van der Waals surface area contributed by atoms with E-state index in [1.165, 1.54) is 19.3 Å². The zero-order chi connectivity index (χ0) is 14.8. The fourth-order valence-electron chi connectivity index (χ4n) is 3.01. The quantitative estimate of drug-likeness (QED) is 0.381. The highest BCUT2D eigenvalue weighted by atomic mass is 79.9. The first-order valence-corrected chi connectivity index (χ1v) is 7.87. The normalized spacial score (nSPS) is 18.6. The average Bonchev–Trinajstić information content (AvgIpc) is 2.91. The van der Waals surface area contributed by atoms with Crippen molar-refractivity contribution in [1.82, 2.24) is 0 Å². The smallest absolute Gasteiger partial charge is 0.172 e. The number of hydrogen-bond donors (Lipinski definition) is 2. The van der Waals surface area contributed by atoms with E-state index in [4.69, 9.17) is 10.9 Å². The van der Waals surface area contributed by atoms with Crippen molar-refractivity contribution in [3.63, 3.8) is 0 Å². The maximum Gasteiger partial charge on any atom is 0.172 e. The van der Waals surface area contributed by atoms with Crippen LogP contribution in [-0.2, 0) is 0 Å². The van der Waals surface area contributed by atoms with Crippen LogP contribution in [0.4, 0.5) is 5.69 Å². The van der Waals surface area contributed by atoms with E-state index >= 15 is 0 Å². The second-order valence-corrected chi connectivity index (χ2v) is 6.44. The SMILES string of the molecule is CCC1(CC)CCN(c2ccc(Br)cc2/C(N)=N/O)C1. The predicted molar refractivity (Wildman–Crippen MR) is 86.5 cm³/mol. The molecule has 20 heavy (non-hydrogen) atoms. The molecule has 0 aliphatic carbocycles. The van der Waals surface area contributed by atoms with Crippen LogP contribution in [-0.4, -0.2) is 24.1 Å². The Morgan fingerprint density at radius 1 is 1.45 bits per heavy atom. The van der Waals surface area contributed by atoms with Gasteiger partial charge in [0.25, 0.3) is 0 Å². The molecule has 0 radical (unpaired) electrons. The molecule has 2 rings (SSSR count). The highest BCUT2D eigenvalue weighted by molar-refractivity contribution is 9.10. The highest BCUT2D eigenvalue weighted by Gasteiger charge is 2.35. The van der Waals surface area contributed by atoms with Crippen molar-refractivity contribution in [2.45, 2.75) is 33.1 Å². The maximum atomic E-state index is 8.97. The fourth-order valence-corrected chi connectivity index (χ4v) is 3.37. The Labute approximate surface area is 128 Å². The first kappa shape index (κ1) is 15.2. The zero-order valence-corrected chi connectivity index (χ0v) is 13.7. The maximum absolute atomic E-state index is 8.97. The standard InChI is InChI=1S/C15H22BrN3O/c1-3-15(4-2)7-8-19(10-15)13-6-5-11(16)9-12(13)14(17)18-20/h5-6,9,20H,3-4,7-8,10H2,1-2H3,(H2,17,18). The summed E-state index contributed by atoms with van der Waals surface area (Å²) in [6.07, 6.45) is 3.58. The average molecular weight is 340 g/mol. The number of rotatable bonds is 4. The molecule has 1 aliphatic rings. The molecule has 0 spiro atoms. The molecule has 0 amide bonds. The molecule has 0 saturated carbocycles. The van der Waals surface area contributed by atoms with E-state index in [9.17, 15) is 0 Å². The molecule has 0 unspecified atom stereocenters. The van der Waals surface area contributed by atoms with Crippen LogP contribution in [0, 0.1) is 5.41 Å². The molecular formula is C15H22BrN3O. The van der Waals surface area contributed by atoms with Crippen LogP contribution in [0.5, 0.6) is 0 Å². The lowest BCUT2D eigenvalue weighted by molar-refractivity contribution is 0.301. The predicted octanol–water partition coefficient (Wildman–Crippen LogP) is 3.56. The van der Waals surface area contributed by atoms with Crippen molar-refractivity contribution in [2.24, 2.45) is 16.3 Å². The summed E-state index contributed by atoms with van der Waals surface area (Å²) < 4.78 is 0.930. The third-order valence-corrected chi connectivity index (χ3v) is 5.11. The van der Waals surface area contributed by atoms with Crippen molar-refractivity contribution < 1.29 is 5.21 Å². The third-order valence-electron chi connectivity index (χ3n) is 4.62. The summed E-state index contributed by atoms with van der Waals surface area (Å²) in [5.74, 6) is 0.159. The van der Waals surface area contributed by atoms with E-state index in [0.29, 0.717) is 5.41 Å². The molecule has 110 valence electrons. The van der Waals surface area contributed by atoms with Gasteiger partial charge in [-0.2, -0.15) is 0 Å². The van der Waals surface area contributed by atoms with E-state index in [-0.39, 0.29) is 5.84 Å². The van der Waals surface area contributed by atoms with E-state index in [1.54, 1.807) is 0 Å². The number of nitrogens with zero attached hydrogens (tertiary/aromatic N) is 2. The van der Waals surface area contributed by atoms with Crippen LogP contribution in [0.3, 0.4) is 0 Å². The van der Waals surface area contributed by atoms with Crippen LogP contribution in [0.15, 0.2) is 27.8 Å². The van der Waals surface area contributed by atoms with Gasteiger partial charge >= 0.3 is 0 Å². The van der Waals surface area contributed by atoms with Gasteiger partial charge in [0.15, 0.2) is 5.84 Å². The van der Waals surface area contributed by atoms with Gasteiger partial charge in [0.05, 0.1) is 0 Å². The molecule has 0 aromatic heterocycles. The summed E-state index contributed by atoms with van der Waals surface area (Å²) in [7, 11) is 0. The van der Waals surface area contributed by atoms with E-state index < -0.39 is 0 Å². The molecule has 0 atom stereocenters. The molecule has 1 aromatic rings. The summed E-state index contributed by atoms with van der Waals surface area (Å²) >= 11 is 3.44. The van der Waals surface area contributed by atoms with Gasteiger partial charge in [-0.05, 0) is 42.9 Å². The summed E-state index contributed by atoms with van der Waals surface area (Å²) in [5, 5.41) is 12.1. The third kappa shape index (κ3) is 2.77. The lowest BCUT2D eigenvalue weighted by Gasteiger charge is -2.28. The first-order chi connectivity index (χ1) is 9.55. The number of hydrogen-bond acceptors (Lipinski definition) is 3. The van der Waals surface area contributed by atoms with Crippen LogP contribution in [0.2, 0.25) is 0 Å². The Morgan fingerprint density at radius 3 is 2.70 bits per heavy atom. The molecule has 1 aliphatic heterocycles. The van der Waals surface area contributed by atoms with Gasteiger partial charge < -0.3 is 15.8 Å². The Bertz CT molecular complexity index is 512. The van der Waals surface area contributed by atoms with Crippen LogP contribution < -0.4 is 10.6 Å². The topological polar surface area (TPSA) is 61.8 Å². The summed E-state index contributed by atoms with van der Waals surface area (Å²) in [6, 6.07) is 5.95. The van der Waals surface area contributed by atoms with E-state index in [0.717, 1.165) is 28.8 Å². The Balaban J connectivity index is 2.35. The number of anilines is 1. The van der Waals surface area contributed by atoms with Gasteiger partial charge in [0, 0.05) is 28.8 Å². The second-order valence-electron chi connectivity index (χ2n) is 5.53. The number of nitrogens with two attached hydrogens (primary N) is 1. The summed E-state index contributed by atoms with van der Waals surface area (Å²) in [5.41, 5.74) is 8.05. The monoisotopic (exact) mass is 339 g/mol. The van der Waals surface area contributed by atoms with Gasteiger partial charge in [0.2, 0.25) is 0 Å². The largest absolute Gasteiger partial charge is 0.409 e. The number of oxime groups is 1. The Hall–Kier alpha value is -1.23. The van der Waals surface area contributed by atoms with Crippen molar-refractivity contribution in [2.75, 3.05) is 18.0 Å². The number of benzene rings is 1. The van der Waals surface area contributed by atoms with Crippen molar-refractivity contribution in [3.05, 3.63) is 28.2 Å². The molecule has 0 bridgehead atoms. The minimum Gasteiger partial charge on any atom is -0.409 e. The van der Waals surface area contributed by atoms with Crippen LogP contribution in [0.1, 0.15) is 38.7 Å². The van der Waals surface area contributed by atoms with Gasteiger partial charge in [-0.3, -0.25) is 0 Å². The van der Waals surface area contributed by atoms with Gasteiger partial charge in [-0.25, -0.2) is 0 Å². The molecule has 4 nitrogen and oxygen atoms in total. The lowest BCUT2D eigenvalue weighted by Crippen LogP contribution is -2.28. The summed E-state index contributed by atoms with van der Waals surface area (Å²) in [4.78, 5) is 2.35. The Kier molecular flexibility index (Phi) is 4.58. The first-order valence-electron chi connectivity index (χ1n) is 7.07. The van der Waals surface area contributed by atoms with E-state index in [1.807, 2.05) is 18.2 Å². The van der Waals surface area contributed by atoms with Crippen LogP contribution in [0.25, 0.3) is 0 Å². The molecule has 5 heteroatoms. The van der Waals surface area contributed by atoms with Gasteiger partial charge in [-0.1, -0.05) is 34.9 Å². The van der Waals surface area contributed by atoms with Crippen molar-refractivity contribution in [3.8, 4) is 0 Å². The molecule has 1 saturated heterocycles. The van der Waals surface area contributed by atoms with Gasteiger partial charge in [0.1, 0.15) is 0 Å². The van der Waals surface area contributed by atoms with E-state index in [2.05, 4.69) is 39.8 Å². The minimum atomic E-state index is 0.159. The van der Waals surface area contributed by atoms with Crippen molar-refractivity contribution >= 4 is 27.5 Å². The van der Waals surface area contributed by atoms with Crippen LogP contribution >= 0.6 is 15.9 Å². The summed E-state index contributed by atoms with van der Waals surface area (Å²) in [6.45, 7) is 6.58. The molecule has 1 heterocycles. The van der Waals surface area contributed by atoms with Gasteiger partial charge in [-0.15, -0.1) is 0 Å². The Morgan fingerprint density at radius 2 is 2.15 bits per heavy atom. The highest BCUT2D eigenvalue weighted by Crippen LogP contribution is 2.40. The zero-order valence-electron chi connectivity index (χ0n) is 12.1. The fraction of sp³-hybridized carbons (Fsp3) is 0.533. The molecule has 3 N–H and O–H groups in total. The molecular weight excluding hydrogens is 318 g/mol. The lowest BCUT2D eigenvalue weighted by atomic mass is 9.82.